The summed E-state index contributed by atoms with van der Waals surface area (Å²) >= 11 is 5.79. The van der Waals surface area contributed by atoms with Gasteiger partial charge in [-0.2, -0.15) is 0 Å². The van der Waals surface area contributed by atoms with Gasteiger partial charge >= 0.3 is 0 Å². The zero-order valence-electron chi connectivity index (χ0n) is 9.75. The number of hydrogen-bond donors (Lipinski definition) is 1. The number of nitrogens with one attached hydrogen (secondary N) is 1. The van der Waals surface area contributed by atoms with E-state index in [4.69, 9.17) is 16.3 Å². The predicted molar refractivity (Wildman–Crippen MR) is 66.8 cm³/mol. The van der Waals surface area contributed by atoms with E-state index in [1.165, 1.54) is 4.90 Å². The number of ketones is 1. The minimum Gasteiger partial charge on any atom is -0.370 e. The molecule has 3 nitrogen and oxygen atoms in total. The van der Waals surface area contributed by atoms with Crippen LogP contribution in [0.1, 0.15) is 16.8 Å². The lowest BCUT2D eigenvalue weighted by atomic mass is 10.1. The van der Waals surface area contributed by atoms with Gasteiger partial charge in [-0.25, -0.2) is 0 Å². The van der Waals surface area contributed by atoms with Crippen LogP contribution in [0.3, 0.4) is 0 Å². The first-order valence-electron chi connectivity index (χ1n) is 5.96. The Hall–Kier alpha value is -0.900. The third-order valence-corrected chi connectivity index (χ3v) is 3.32. The molecule has 2 rings (SSSR count). The third kappa shape index (κ3) is 3.80. The molecule has 0 saturated carbocycles. The number of morpholine rings is 1. The minimum atomic E-state index is 0.195. The van der Waals surface area contributed by atoms with Crippen LogP contribution in [-0.2, 0) is 4.74 Å². The normalized spacial score (nSPS) is 17.0. The van der Waals surface area contributed by atoms with Crippen molar-refractivity contribution in [1.82, 2.24) is 0 Å². The van der Waals surface area contributed by atoms with Crippen LogP contribution in [0.15, 0.2) is 24.3 Å². The zero-order valence-corrected chi connectivity index (χ0v) is 10.5. The quantitative estimate of drug-likeness (QED) is 0.807. The number of hydrogen-bond acceptors (Lipinski definition) is 2. The van der Waals surface area contributed by atoms with Crippen LogP contribution < -0.4 is 4.90 Å². The fraction of sp³-hybridized carbons (Fsp3) is 0.462. The maximum Gasteiger partial charge on any atom is 0.168 e. The maximum atomic E-state index is 11.9. The highest BCUT2D eigenvalue weighted by Crippen LogP contribution is 2.10. The highest BCUT2D eigenvalue weighted by atomic mass is 35.5. The van der Waals surface area contributed by atoms with Gasteiger partial charge in [0.2, 0.25) is 0 Å². The molecule has 0 radical (unpaired) electrons. The number of Topliss-reactive ketones (excluding diaryl/α,β-unsaturated/α-hetero) is 1. The van der Waals surface area contributed by atoms with Gasteiger partial charge in [0.1, 0.15) is 13.1 Å². The van der Waals surface area contributed by atoms with Crippen molar-refractivity contribution in [2.24, 2.45) is 0 Å². The van der Waals surface area contributed by atoms with Crippen LogP contribution in [0, 0.1) is 0 Å². The van der Waals surface area contributed by atoms with E-state index in [1.807, 2.05) is 0 Å². The van der Waals surface area contributed by atoms with Gasteiger partial charge in [0.25, 0.3) is 0 Å². The number of ether oxygens (including phenoxy) is 1. The minimum absolute atomic E-state index is 0.195. The van der Waals surface area contributed by atoms with E-state index in [0.717, 1.165) is 38.4 Å². The molecule has 1 heterocycles. The van der Waals surface area contributed by atoms with Crippen molar-refractivity contribution in [1.29, 1.82) is 0 Å². The molecular formula is C13H17ClNO2+. The molecule has 1 aliphatic rings. The van der Waals surface area contributed by atoms with Gasteiger partial charge in [-0.1, -0.05) is 11.6 Å². The maximum absolute atomic E-state index is 11.9. The molecule has 1 N–H and O–H groups in total. The summed E-state index contributed by atoms with van der Waals surface area (Å²) in [6.45, 7) is 4.53. The first-order chi connectivity index (χ1) is 8.25. The third-order valence-electron chi connectivity index (χ3n) is 3.07. The van der Waals surface area contributed by atoms with E-state index in [0.29, 0.717) is 11.4 Å². The Morgan fingerprint density at radius 2 is 1.88 bits per heavy atom. The van der Waals surface area contributed by atoms with Crippen molar-refractivity contribution < 1.29 is 14.4 Å². The van der Waals surface area contributed by atoms with Crippen molar-refractivity contribution >= 4 is 17.4 Å². The lowest BCUT2D eigenvalue weighted by Gasteiger charge is -2.23. The number of rotatable bonds is 4. The first-order valence-corrected chi connectivity index (χ1v) is 6.33. The Morgan fingerprint density at radius 1 is 1.24 bits per heavy atom. The Kier molecular flexibility index (Phi) is 4.54. The van der Waals surface area contributed by atoms with Gasteiger partial charge < -0.3 is 9.64 Å². The molecule has 0 bridgehead atoms. The van der Waals surface area contributed by atoms with Crippen LogP contribution in [0.2, 0.25) is 5.02 Å². The molecule has 92 valence electrons. The Morgan fingerprint density at radius 3 is 2.53 bits per heavy atom. The van der Waals surface area contributed by atoms with E-state index in [2.05, 4.69) is 0 Å². The van der Waals surface area contributed by atoms with E-state index < -0.39 is 0 Å². The molecule has 17 heavy (non-hydrogen) atoms. The monoisotopic (exact) mass is 254 g/mol. The van der Waals surface area contributed by atoms with Crippen LogP contribution in [0.4, 0.5) is 0 Å². The second-order valence-electron chi connectivity index (χ2n) is 4.29. The molecule has 0 aliphatic carbocycles. The van der Waals surface area contributed by atoms with Crippen molar-refractivity contribution in [2.45, 2.75) is 6.42 Å². The van der Waals surface area contributed by atoms with Crippen LogP contribution in [0.5, 0.6) is 0 Å². The molecule has 0 amide bonds. The Bertz CT molecular complexity index is 372. The van der Waals surface area contributed by atoms with E-state index in [-0.39, 0.29) is 5.78 Å². The summed E-state index contributed by atoms with van der Waals surface area (Å²) in [7, 11) is 0. The number of halogens is 1. The van der Waals surface area contributed by atoms with E-state index in [1.54, 1.807) is 24.3 Å². The molecule has 0 unspecified atom stereocenters. The van der Waals surface area contributed by atoms with Crippen molar-refractivity contribution in [3.8, 4) is 0 Å². The molecule has 4 heteroatoms. The van der Waals surface area contributed by atoms with Gasteiger partial charge in [0, 0.05) is 10.6 Å². The SMILES string of the molecule is O=C(CC[NH+]1CCOCC1)c1ccc(Cl)cc1. The summed E-state index contributed by atoms with van der Waals surface area (Å²) in [4.78, 5) is 13.4. The lowest BCUT2D eigenvalue weighted by Crippen LogP contribution is -3.14. The lowest BCUT2D eigenvalue weighted by molar-refractivity contribution is -0.907. The molecule has 1 saturated heterocycles. The number of quaternary nitrogens is 1. The second kappa shape index (κ2) is 6.15. The highest BCUT2D eigenvalue weighted by molar-refractivity contribution is 6.30. The summed E-state index contributed by atoms with van der Waals surface area (Å²) in [5.41, 5.74) is 0.752. The molecule has 0 spiro atoms. The van der Waals surface area contributed by atoms with Crippen molar-refractivity contribution in [3.63, 3.8) is 0 Å². The fourth-order valence-corrected chi connectivity index (χ4v) is 2.11. The van der Waals surface area contributed by atoms with Gasteiger partial charge in [0.05, 0.1) is 26.2 Å². The highest BCUT2D eigenvalue weighted by Gasteiger charge is 2.15. The summed E-state index contributed by atoms with van der Waals surface area (Å²) in [5.74, 6) is 0.195. The fourth-order valence-electron chi connectivity index (χ4n) is 1.98. The topological polar surface area (TPSA) is 30.7 Å². The first kappa shape index (κ1) is 12.6. The van der Waals surface area contributed by atoms with Gasteiger partial charge in [-0.05, 0) is 24.3 Å². The summed E-state index contributed by atoms with van der Waals surface area (Å²) in [6.07, 6.45) is 0.594. The average Bonchev–Trinajstić information content (AvgIpc) is 2.38. The summed E-state index contributed by atoms with van der Waals surface area (Å²) < 4.78 is 5.28. The zero-order chi connectivity index (χ0) is 12.1. The molecule has 0 aromatic heterocycles. The smallest absolute Gasteiger partial charge is 0.168 e. The van der Waals surface area contributed by atoms with Crippen LogP contribution in [0.25, 0.3) is 0 Å². The van der Waals surface area contributed by atoms with Gasteiger partial charge in [-0.15, -0.1) is 0 Å². The molecule has 1 fully saturated rings. The van der Waals surface area contributed by atoms with Crippen LogP contribution in [-0.4, -0.2) is 38.6 Å². The van der Waals surface area contributed by atoms with Gasteiger partial charge in [0.15, 0.2) is 5.78 Å². The predicted octanol–water partition coefficient (Wildman–Crippen LogP) is 0.828. The van der Waals surface area contributed by atoms with E-state index >= 15 is 0 Å². The van der Waals surface area contributed by atoms with Crippen molar-refractivity contribution in [2.75, 3.05) is 32.8 Å². The Balaban J connectivity index is 1.82. The molecule has 1 aromatic rings. The molecule has 1 aliphatic heterocycles. The number of carbonyl (C=O) groups excluding carboxylic acids is 1. The average molecular weight is 255 g/mol. The molecular weight excluding hydrogens is 238 g/mol. The van der Waals surface area contributed by atoms with E-state index in [9.17, 15) is 4.79 Å². The largest absolute Gasteiger partial charge is 0.370 e. The number of benzene rings is 1. The molecule has 0 atom stereocenters. The van der Waals surface area contributed by atoms with Crippen LogP contribution >= 0.6 is 11.6 Å². The second-order valence-corrected chi connectivity index (χ2v) is 4.73. The summed E-state index contributed by atoms with van der Waals surface area (Å²) in [5, 5.41) is 0.667. The van der Waals surface area contributed by atoms with Crippen molar-refractivity contribution in [3.05, 3.63) is 34.9 Å². The molecule has 1 aromatic carbocycles. The number of carbonyl (C=O) groups is 1. The van der Waals surface area contributed by atoms with Gasteiger partial charge in [-0.3, -0.25) is 4.79 Å². The standard InChI is InChI=1S/C13H16ClNO2/c14-12-3-1-11(2-4-12)13(16)5-6-15-7-9-17-10-8-15/h1-4H,5-10H2/p+1. The Labute approximate surface area is 106 Å². The summed E-state index contributed by atoms with van der Waals surface area (Å²) in [6, 6.07) is 7.10.